The molecule has 0 fully saturated rings. The Morgan fingerprint density at radius 2 is 2.00 bits per heavy atom. The lowest BCUT2D eigenvalue weighted by Gasteiger charge is -2.13. The van der Waals surface area contributed by atoms with Crippen LogP contribution in [-0.2, 0) is 21.0 Å². The Morgan fingerprint density at radius 3 is 2.50 bits per heavy atom. The number of amides is 1. The molecule has 1 atom stereocenters. The Bertz CT molecular complexity index is 367. The first-order valence-electron chi connectivity index (χ1n) is 4.77. The highest BCUT2D eigenvalue weighted by Crippen LogP contribution is 2.04. The molecule has 0 bridgehead atoms. The summed E-state index contributed by atoms with van der Waals surface area (Å²) < 4.78 is 11.8. The highest BCUT2D eigenvalue weighted by Gasteiger charge is 2.22. The van der Waals surface area contributed by atoms with Crippen LogP contribution in [0.25, 0.3) is 0 Å². The zero-order valence-electron chi connectivity index (χ0n) is 8.77. The first-order chi connectivity index (χ1) is 7.63. The van der Waals surface area contributed by atoms with Crippen molar-refractivity contribution in [2.45, 2.75) is 19.4 Å². The standard InChI is InChI=1S/C11H12FNO3/c1-8(14)13-10(11(15)16-12)7-9-5-3-2-4-6-9/h2-6,10H,7H2,1H3,(H,13,14). The number of carbonyl (C=O) groups excluding carboxylic acids is 2. The van der Waals surface area contributed by atoms with Crippen LogP contribution in [0.3, 0.4) is 0 Å². The fourth-order valence-corrected chi connectivity index (χ4v) is 1.34. The van der Waals surface area contributed by atoms with Crippen LogP contribution in [0.15, 0.2) is 30.3 Å². The average molecular weight is 225 g/mol. The normalized spacial score (nSPS) is 11.6. The summed E-state index contributed by atoms with van der Waals surface area (Å²) in [5.74, 6) is -1.51. The maximum atomic E-state index is 11.8. The van der Waals surface area contributed by atoms with Gasteiger partial charge in [-0.05, 0) is 5.56 Å². The lowest BCUT2D eigenvalue weighted by Crippen LogP contribution is -2.41. The molecule has 0 aliphatic heterocycles. The average Bonchev–Trinajstić information content (AvgIpc) is 2.28. The van der Waals surface area contributed by atoms with Gasteiger partial charge in [0.25, 0.3) is 0 Å². The first kappa shape index (κ1) is 12.2. The summed E-state index contributed by atoms with van der Waals surface area (Å²) in [5, 5.41) is 2.33. The van der Waals surface area contributed by atoms with Crippen LogP contribution >= 0.6 is 0 Å². The van der Waals surface area contributed by atoms with Crippen LogP contribution in [0.2, 0.25) is 0 Å². The Balaban J connectivity index is 2.70. The van der Waals surface area contributed by atoms with Gasteiger partial charge < -0.3 is 5.32 Å². The smallest absolute Gasteiger partial charge is 0.343 e. The molecule has 16 heavy (non-hydrogen) atoms. The van der Waals surface area contributed by atoms with E-state index in [1.54, 1.807) is 24.3 Å². The number of nitrogens with one attached hydrogen (secondary N) is 1. The highest BCUT2D eigenvalue weighted by atomic mass is 19.3. The molecular weight excluding hydrogens is 213 g/mol. The van der Waals surface area contributed by atoms with Crippen molar-refractivity contribution in [3.63, 3.8) is 0 Å². The Hall–Kier alpha value is -1.91. The second-order valence-electron chi connectivity index (χ2n) is 3.34. The summed E-state index contributed by atoms with van der Waals surface area (Å²) in [5.41, 5.74) is 0.812. The van der Waals surface area contributed by atoms with Crippen LogP contribution in [0.1, 0.15) is 12.5 Å². The van der Waals surface area contributed by atoms with Crippen molar-refractivity contribution in [3.05, 3.63) is 35.9 Å². The minimum absolute atomic E-state index is 0.198. The molecule has 0 aromatic heterocycles. The largest absolute Gasteiger partial charge is 0.371 e. The topological polar surface area (TPSA) is 55.4 Å². The van der Waals surface area contributed by atoms with E-state index in [1.807, 2.05) is 6.07 Å². The molecule has 0 radical (unpaired) electrons. The van der Waals surface area contributed by atoms with E-state index in [9.17, 15) is 14.1 Å². The molecule has 1 N–H and O–H groups in total. The van der Waals surface area contributed by atoms with E-state index in [0.29, 0.717) is 0 Å². The molecule has 0 saturated carbocycles. The van der Waals surface area contributed by atoms with Crippen LogP contribution in [-0.4, -0.2) is 17.9 Å². The molecule has 0 aliphatic rings. The van der Waals surface area contributed by atoms with Gasteiger partial charge in [0.05, 0.1) is 0 Å². The molecule has 1 unspecified atom stereocenters. The number of benzene rings is 1. The monoisotopic (exact) mass is 225 g/mol. The molecule has 0 heterocycles. The lowest BCUT2D eigenvalue weighted by atomic mass is 10.1. The molecular formula is C11H12FNO3. The fraction of sp³-hybridized carbons (Fsp3) is 0.273. The lowest BCUT2D eigenvalue weighted by molar-refractivity contribution is -0.186. The minimum atomic E-state index is -1.10. The van der Waals surface area contributed by atoms with Gasteiger partial charge in [0.2, 0.25) is 5.91 Å². The van der Waals surface area contributed by atoms with Gasteiger partial charge in [-0.3, -0.25) is 9.74 Å². The third-order valence-electron chi connectivity index (χ3n) is 2.02. The van der Waals surface area contributed by atoms with E-state index >= 15 is 0 Å². The predicted octanol–water partition coefficient (Wildman–Crippen LogP) is 1.16. The number of rotatable bonds is 4. The van der Waals surface area contributed by atoms with Gasteiger partial charge in [-0.1, -0.05) is 30.3 Å². The summed E-state index contributed by atoms with van der Waals surface area (Å²) >= 11 is 0. The van der Waals surface area contributed by atoms with Crippen LogP contribution in [0, 0.1) is 0 Å². The van der Waals surface area contributed by atoms with Crippen molar-refractivity contribution in [1.29, 1.82) is 0 Å². The highest BCUT2D eigenvalue weighted by molar-refractivity contribution is 5.83. The van der Waals surface area contributed by atoms with Crippen molar-refractivity contribution >= 4 is 11.9 Å². The van der Waals surface area contributed by atoms with Gasteiger partial charge in [0.15, 0.2) is 0 Å². The second-order valence-corrected chi connectivity index (χ2v) is 3.34. The number of carbonyl (C=O) groups is 2. The minimum Gasteiger partial charge on any atom is -0.343 e. The van der Waals surface area contributed by atoms with Gasteiger partial charge >= 0.3 is 5.97 Å². The quantitative estimate of drug-likeness (QED) is 0.836. The van der Waals surface area contributed by atoms with Crippen LogP contribution in [0.4, 0.5) is 4.53 Å². The van der Waals surface area contributed by atoms with Gasteiger partial charge in [0, 0.05) is 17.9 Å². The van der Waals surface area contributed by atoms with Gasteiger partial charge in [-0.15, -0.1) is 0 Å². The van der Waals surface area contributed by atoms with Crippen molar-refractivity contribution in [1.82, 2.24) is 5.32 Å². The van der Waals surface area contributed by atoms with Crippen molar-refractivity contribution < 1.29 is 19.1 Å². The van der Waals surface area contributed by atoms with Gasteiger partial charge in [0.1, 0.15) is 6.04 Å². The zero-order chi connectivity index (χ0) is 12.0. The van der Waals surface area contributed by atoms with E-state index in [0.717, 1.165) is 5.56 Å². The predicted molar refractivity (Wildman–Crippen MR) is 55.0 cm³/mol. The van der Waals surface area contributed by atoms with E-state index in [-0.39, 0.29) is 6.42 Å². The maximum absolute atomic E-state index is 11.8. The van der Waals surface area contributed by atoms with Crippen molar-refractivity contribution in [3.8, 4) is 0 Å². The summed E-state index contributed by atoms with van der Waals surface area (Å²) in [4.78, 5) is 25.0. The Morgan fingerprint density at radius 1 is 1.38 bits per heavy atom. The number of hydrogen-bond donors (Lipinski definition) is 1. The van der Waals surface area contributed by atoms with E-state index in [2.05, 4.69) is 10.3 Å². The Kier molecular flexibility index (Phi) is 4.44. The molecule has 1 amide bonds. The molecule has 86 valence electrons. The number of halogens is 1. The van der Waals surface area contributed by atoms with E-state index < -0.39 is 17.9 Å². The van der Waals surface area contributed by atoms with Crippen molar-refractivity contribution in [2.24, 2.45) is 0 Å². The first-order valence-corrected chi connectivity index (χ1v) is 4.77. The Labute approximate surface area is 92.3 Å². The second kappa shape index (κ2) is 5.85. The SMILES string of the molecule is CC(=O)NC(Cc1ccccc1)C(=O)OF. The van der Waals surface area contributed by atoms with E-state index in [1.165, 1.54) is 6.92 Å². The maximum Gasteiger partial charge on any atom is 0.371 e. The molecule has 1 aromatic carbocycles. The molecule has 1 rings (SSSR count). The third-order valence-corrected chi connectivity index (χ3v) is 2.02. The summed E-state index contributed by atoms with van der Waals surface area (Å²) in [6.07, 6.45) is 0.198. The summed E-state index contributed by atoms with van der Waals surface area (Å²) in [7, 11) is 0. The van der Waals surface area contributed by atoms with Gasteiger partial charge in [-0.25, -0.2) is 4.79 Å². The van der Waals surface area contributed by atoms with E-state index in [4.69, 9.17) is 0 Å². The number of hydrogen-bond acceptors (Lipinski definition) is 3. The fourth-order valence-electron chi connectivity index (χ4n) is 1.34. The summed E-state index contributed by atoms with van der Waals surface area (Å²) in [6, 6.07) is 7.97. The summed E-state index contributed by atoms with van der Waals surface area (Å²) in [6.45, 7) is 1.25. The molecule has 0 spiro atoms. The van der Waals surface area contributed by atoms with Crippen molar-refractivity contribution in [2.75, 3.05) is 0 Å². The van der Waals surface area contributed by atoms with Gasteiger partial charge in [-0.2, -0.15) is 0 Å². The molecule has 1 aromatic rings. The molecule has 4 nitrogen and oxygen atoms in total. The zero-order valence-corrected chi connectivity index (χ0v) is 8.77. The molecule has 5 heteroatoms. The molecule has 0 aliphatic carbocycles. The third kappa shape index (κ3) is 3.68. The van der Waals surface area contributed by atoms with Crippen LogP contribution in [0.5, 0.6) is 0 Å². The van der Waals surface area contributed by atoms with Crippen LogP contribution < -0.4 is 5.32 Å². The molecule has 0 saturated heterocycles.